The summed E-state index contributed by atoms with van der Waals surface area (Å²) < 4.78 is 5.71. The first-order chi connectivity index (χ1) is 8.83. The third-order valence-corrected chi connectivity index (χ3v) is 3.58. The molecule has 1 unspecified atom stereocenters. The second kappa shape index (κ2) is 6.42. The first kappa shape index (κ1) is 12.9. The average Bonchev–Trinajstić information content (AvgIpc) is 2.86. The highest BCUT2D eigenvalue weighted by atomic mass is 16.5. The van der Waals surface area contributed by atoms with Gasteiger partial charge in [0.05, 0.1) is 11.6 Å². The van der Waals surface area contributed by atoms with Gasteiger partial charge in [0.2, 0.25) is 0 Å². The Morgan fingerprint density at radius 1 is 1.50 bits per heavy atom. The highest BCUT2D eigenvalue weighted by molar-refractivity contribution is 5.36. The van der Waals surface area contributed by atoms with E-state index < -0.39 is 0 Å². The summed E-state index contributed by atoms with van der Waals surface area (Å²) in [6.45, 7) is 5.13. The molecule has 1 heterocycles. The van der Waals surface area contributed by atoms with Crippen LogP contribution >= 0.6 is 0 Å². The van der Waals surface area contributed by atoms with Crippen LogP contribution in [0.3, 0.4) is 0 Å². The molecule has 18 heavy (non-hydrogen) atoms. The Balaban J connectivity index is 1.79. The fraction of sp³-hybridized carbons (Fsp3) is 0.533. The molecule has 1 fully saturated rings. The Labute approximate surface area is 109 Å². The Morgan fingerprint density at radius 2 is 2.39 bits per heavy atom. The van der Waals surface area contributed by atoms with Gasteiger partial charge in [0.15, 0.2) is 0 Å². The van der Waals surface area contributed by atoms with Crippen molar-refractivity contribution in [3.05, 3.63) is 29.8 Å². The molecule has 3 nitrogen and oxygen atoms in total. The minimum Gasteiger partial charge on any atom is -0.492 e. The van der Waals surface area contributed by atoms with E-state index in [1.807, 2.05) is 12.1 Å². The second-order valence-corrected chi connectivity index (χ2v) is 4.73. The first-order valence-corrected chi connectivity index (χ1v) is 6.70. The lowest BCUT2D eigenvalue weighted by Gasteiger charge is -2.23. The Bertz CT molecular complexity index is 425. The van der Waals surface area contributed by atoms with E-state index in [0.717, 1.165) is 18.3 Å². The Kier molecular flexibility index (Phi) is 4.60. The minimum atomic E-state index is 0.653. The van der Waals surface area contributed by atoms with E-state index in [2.05, 4.69) is 17.9 Å². The summed E-state index contributed by atoms with van der Waals surface area (Å²) >= 11 is 0. The van der Waals surface area contributed by atoms with Gasteiger partial charge in [-0.2, -0.15) is 5.26 Å². The number of ether oxygens (including phenoxy) is 1. The number of nitrogens with zero attached hydrogens (tertiary/aromatic N) is 2. The van der Waals surface area contributed by atoms with Crippen molar-refractivity contribution in [2.75, 3.05) is 19.7 Å². The van der Waals surface area contributed by atoms with E-state index in [-0.39, 0.29) is 0 Å². The molecule has 0 amide bonds. The number of nitriles is 1. The molecule has 0 bridgehead atoms. The Hall–Kier alpha value is -1.53. The summed E-state index contributed by atoms with van der Waals surface area (Å²) in [5.41, 5.74) is 0.653. The molecule has 1 aliphatic rings. The normalized spacial score (nSPS) is 19.7. The zero-order chi connectivity index (χ0) is 12.8. The largest absolute Gasteiger partial charge is 0.492 e. The summed E-state index contributed by atoms with van der Waals surface area (Å²) in [5.74, 6) is 0.793. The summed E-state index contributed by atoms with van der Waals surface area (Å²) in [7, 11) is 0. The molecule has 0 spiro atoms. The molecule has 0 aliphatic carbocycles. The van der Waals surface area contributed by atoms with Crippen LogP contribution in [0, 0.1) is 11.3 Å². The number of rotatable bonds is 5. The standard InChI is InChI=1S/C15H20N2O/c1-2-14-6-4-8-17(14)9-10-18-15-7-3-5-13(11-15)12-16/h3,5,7,11,14H,2,4,6,8-10H2,1H3. The maximum atomic E-state index is 8.81. The van der Waals surface area contributed by atoms with Crippen LogP contribution in [0.15, 0.2) is 24.3 Å². The maximum Gasteiger partial charge on any atom is 0.120 e. The fourth-order valence-electron chi connectivity index (χ4n) is 2.59. The van der Waals surface area contributed by atoms with Gasteiger partial charge in [-0.3, -0.25) is 4.90 Å². The minimum absolute atomic E-state index is 0.653. The molecule has 3 heteroatoms. The van der Waals surface area contributed by atoms with E-state index in [1.165, 1.54) is 25.8 Å². The van der Waals surface area contributed by atoms with Gasteiger partial charge in [-0.25, -0.2) is 0 Å². The molecule has 2 rings (SSSR count). The van der Waals surface area contributed by atoms with Gasteiger partial charge in [0, 0.05) is 12.6 Å². The molecule has 96 valence electrons. The fourth-order valence-corrected chi connectivity index (χ4v) is 2.59. The summed E-state index contributed by atoms with van der Waals surface area (Å²) in [5, 5.41) is 8.81. The quantitative estimate of drug-likeness (QED) is 0.799. The van der Waals surface area contributed by atoms with Crippen LogP contribution in [0.4, 0.5) is 0 Å². The molecule has 0 radical (unpaired) electrons. The van der Waals surface area contributed by atoms with E-state index in [4.69, 9.17) is 10.00 Å². The van der Waals surface area contributed by atoms with Gasteiger partial charge in [0.25, 0.3) is 0 Å². The second-order valence-electron chi connectivity index (χ2n) is 4.73. The highest BCUT2D eigenvalue weighted by Gasteiger charge is 2.21. The van der Waals surface area contributed by atoms with Crippen LogP contribution in [0.1, 0.15) is 31.7 Å². The van der Waals surface area contributed by atoms with Crippen LogP contribution in [-0.4, -0.2) is 30.6 Å². The molecular weight excluding hydrogens is 224 g/mol. The smallest absolute Gasteiger partial charge is 0.120 e. The van der Waals surface area contributed by atoms with Crippen molar-refractivity contribution in [1.29, 1.82) is 5.26 Å². The number of hydrogen-bond donors (Lipinski definition) is 0. The summed E-state index contributed by atoms with van der Waals surface area (Å²) in [6, 6.07) is 10.2. The van der Waals surface area contributed by atoms with Crippen molar-refractivity contribution in [3.63, 3.8) is 0 Å². The van der Waals surface area contributed by atoms with E-state index in [1.54, 1.807) is 12.1 Å². The number of hydrogen-bond acceptors (Lipinski definition) is 3. The summed E-state index contributed by atoms with van der Waals surface area (Å²) in [4.78, 5) is 2.51. The molecule has 1 aromatic carbocycles. The number of likely N-dealkylation sites (tertiary alicyclic amines) is 1. The molecule has 1 saturated heterocycles. The predicted octanol–water partition coefficient (Wildman–Crippen LogP) is 2.81. The van der Waals surface area contributed by atoms with E-state index >= 15 is 0 Å². The van der Waals surface area contributed by atoms with Crippen molar-refractivity contribution in [3.8, 4) is 11.8 Å². The highest BCUT2D eigenvalue weighted by Crippen LogP contribution is 2.19. The van der Waals surface area contributed by atoms with Gasteiger partial charge >= 0.3 is 0 Å². The average molecular weight is 244 g/mol. The van der Waals surface area contributed by atoms with Gasteiger partial charge in [-0.1, -0.05) is 13.0 Å². The van der Waals surface area contributed by atoms with Gasteiger partial charge in [0.1, 0.15) is 12.4 Å². The molecule has 0 N–H and O–H groups in total. The molecule has 0 saturated carbocycles. The zero-order valence-corrected chi connectivity index (χ0v) is 10.9. The van der Waals surface area contributed by atoms with Gasteiger partial charge < -0.3 is 4.74 Å². The van der Waals surface area contributed by atoms with E-state index in [0.29, 0.717) is 12.2 Å². The van der Waals surface area contributed by atoms with Gasteiger partial charge in [-0.05, 0) is 44.0 Å². The van der Waals surface area contributed by atoms with Gasteiger partial charge in [-0.15, -0.1) is 0 Å². The zero-order valence-electron chi connectivity index (χ0n) is 10.9. The predicted molar refractivity (Wildman–Crippen MR) is 71.5 cm³/mol. The third kappa shape index (κ3) is 3.24. The lowest BCUT2D eigenvalue weighted by Crippen LogP contribution is -2.32. The maximum absolute atomic E-state index is 8.81. The molecule has 1 aromatic rings. The van der Waals surface area contributed by atoms with Crippen molar-refractivity contribution in [1.82, 2.24) is 4.90 Å². The van der Waals surface area contributed by atoms with Crippen LogP contribution < -0.4 is 4.74 Å². The van der Waals surface area contributed by atoms with Crippen LogP contribution in [0.25, 0.3) is 0 Å². The lowest BCUT2D eigenvalue weighted by molar-refractivity contribution is 0.193. The molecule has 1 atom stereocenters. The lowest BCUT2D eigenvalue weighted by atomic mass is 10.2. The Morgan fingerprint density at radius 3 is 3.17 bits per heavy atom. The van der Waals surface area contributed by atoms with Crippen molar-refractivity contribution < 1.29 is 4.74 Å². The van der Waals surface area contributed by atoms with Crippen molar-refractivity contribution >= 4 is 0 Å². The van der Waals surface area contributed by atoms with Crippen LogP contribution in [0.5, 0.6) is 5.75 Å². The molecule has 0 aromatic heterocycles. The topological polar surface area (TPSA) is 36.3 Å². The van der Waals surface area contributed by atoms with Crippen molar-refractivity contribution in [2.45, 2.75) is 32.2 Å². The molecular formula is C15H20N2O. The first-order valence-electron chi connectivity index (χ1n) is 6.70. The van der Waals surface area contributed by atoms with E-state index in [9.17, 15) is 0 Å². The summed E-state index contributed by atoms with van der Waals surface area (Å²) in [6.07, 6.45) is 3.85. The van der Waals surface area contributed by atoms with Crippen LogP contribution in [0.2, 0.25) is 0 Å². The SMILES string of the molecule is CCC1CCCN1CCOc1cccc(C#N)c1. The molecule has 1 aliphatic heterocycles. The van der Waals surface area contributed by atoms with Crippen molar-refractivity contribution in [2.24, 2.45) is 0 Å². The number of benzene rings is 1. The monoisotopic (exact) mass is 244 g/mol. The third-order valence-electron chi connectivity index (χ3n) is 3.58. The van der Waals surface area contributed by atoms with Crippen LogP contribution in [-0.2, 0) is 0 Å².